The van der Waals surface area contributed by atoms with E-state index in [1.165, 1.54) is 11.8 Å². The monoisotopic (exact) mass is 442 g/mol. The summed E-state index contributed by atoms with van der Waals surface area (Å²) in [6.07, 6.45) is 6.70. The summed E-state index contributed by atoms with van der Waals surface area (Å²) in [6.45, 7) is 4.11. The number of nitrogens with one attached hydrogen (secondary N) is 2. The average Bonchev–Trinajstić information content (AvgIpc) is 3.40. The molecule has 1 aromatic carbocycles. The smallest absolute Gasteiger partial charge is 0.262 e. The van der Waals surface area contributed by atoms with Gasteiger partial charge in [-0.1, -0.05) is 18.7 Å². The molecule has 1 saturated carbocycles. The minimum atomic E-state index is -0.459. The lowest BCUT2D eigenvalue weighted by molar-refractivity contribution is -0.121. The summed E-state index contributed by atoms with van der Waals surface area (Å²) in [7, 11) is 0. The third-order valence-corrected chi connectivity index (χ3v) is 7.47. The van der Waals surface area contributed by atoms with Crippen molar-refractivity contribution in [2.75, 3.05) is 18.4 Å². The minimum Gasteiger partial charge on any atom is -0.351 e. The molecule has 1 atom stereocenters. The number of amides is 3. The molecular formula is C23H30N4O3S. The molecule has 0 spiro atoms. The van der Waals surface area contributed by atoms with E-state index in [0.29, 0.717) is 11.3 Å². The molecular weight excluding hydrogens is 412 g/mol. The van der Waals surface area contributed by atoms with Crippen LogP contribution in [0, 0.1) is 5.92 Å². The fourth-order valence-electron chi connectivity index (χ4n) is 4.31. The van der Waals surface area contributed by atoms with E-state index >= 15 is 0 Å². The van der Waals surface area contributed by atoms with Gasteiger partial charge in [-0.15, -0.1) is 0 Å². The molecule has 166 valence electrons. The number of carbonyl (C=O) groups excluding carboxylic acids is 3. The van der Waals surface area contributed by atoms with Gasteiger partial charge in [0.25, 0.3) is 11.8 Å². The summed E-state index contributed by atoms with van der Waals surface area (Å²) in [5, 5.41) is 6.23. The van der Waals surface area contributed by atoms with Crippen molar-refractivity contribution in [2.24, 2.45) is 10.9 Å². The van der Waals surface area contributed by atoms with Gasteiger partial charge < -0.3 is 15.5 Å². The van der Waals surface area contributed by atoms with E-state index in [-0.39, 0.29) is 30.2 Å². The number of rotatable bonds is 5. The Morgan fingerprint density at radius 3 is 2.45 bits per heavy atom. The Bertz CT molecular complexity index is 856. The van der Waals surface area contributed by atoms with E-state index in [2.05, 4.69) is 27.4 Å². The van der Waals surface area contributed by atoms with Crippen LogP contribution in [0.1, 0.15) is 62.2 Å². The van der Waals surface area contributed by atoms with E-state index in [1.54, 1.807) is 24.3 Å². The lowest BCUT2D eigenvalue weighted by atomic mass is 9.87. The summed E-state index contributed by atoms with van der Waals surface area (Å²) in [5.74, 6) is 0.215. The molecule has 8 heteroatoms. The summed E-state index contributed by atoms with van der Waals surface area (Å²) in [6, 6.07) is 7.15. The maximum atomic E-state index is 12.5. The van der Waals surface area contributed by atoms with Crippen LogP contribution >= 0.6 is 11.8 Å². The number of amidine groups is 1. The second-order valence-electron chi connectivity index (χ2n) is 8.79. The molecule has 1 saturated heterocycles. The van der Waals surface area contributed by atoms with Crippen molar-refractivity contribution in [3.63, 3.8) is 0 Å². The summed E-state index contributed by atoms with van der Waals surface area (Å²) < 4.78 is 0. The molecule has 2 aliphatic heterocycles. The highest BCUT2D eigenvalue weighted by molar-refractivity contribution is 8.15. The van der Waals surface area contributed by atoms with Crippen molar-refractivity contribution >= 4 is 40.3 Å². The van der Waals surface area contributed by atoms with Gasteiger partial charge in [0, 0.05) is 36.8 Å². The quantitative estimate of drug-likeness (QED) is 0.729. The molecule has 3 aliphatic rings. The first-order valence-electron chi connectivity index (χ1n) is 11.2. The number of hydrogen-bond donors (Lipinski definition) is 2. The molecule has 2 fully saturated rings. The molecule has 0 aromatic heterocycles. The van der Waals surface area contributed by atoms with Crippen LogP contribution in [0.5, 0.6) is 0 Å². The molecule has 4 rings (SSSR count). The maximum absolute atomic E-state index is 12.5. The number of aliphatic imine (C=N–C) groups is 1. The molecule has 2 N–H and O–H groups in total. The van der Waals surface area contributed by atoms with E-state index in [1.807, 2.05) is 0 Å². The highest BCUT2D eigenvalue weighted by atomic mass is 32.2. The second kappa shape index (κ2) is 9.85. The van der Waals surface area contributed by atoms with Crippen molar-refractivity contribution in [1.82, 2.24) is 10.2 Å². The van der Waals surface area contributed by atoms with Crippen LogP contribution in [-0.2, 0) is 9.59 Å². The molecule has 0 bridgehead atoms. The highest BCUT2D eigenvalue weighted by Gasteiger charge is 2.33. The predicted molar refractivity (Wildman–Crippen MR) is 123 cm³/mol. The van der Waals surface area contributed by atoms with Crippen molar-refractivity contribution in [3.05, 3.63) is 29.8 Å². The zero-order chi connectivity index (χ0) is 21.8. The lowest BCUT2D eigenvalue weighted by Crippen LogP contribution is -2.37. The van der Waals surface area contributed by atoms with Gasteiger partial charge >= 0.3 is 0 Å². The molecule has 2 heterocycles. The number of hydrogen-bond acceptors (Lipinski definition) is 5. The Hall–Kier alpha value is -2.35. The number of nitrogens with zero attached hydrogens (tertiary/aromatic N) is 2. The van der Waals surface area contributed by atoms with Crippen molar-refractivity contribution in [3.8, 4) is 0 Å². The van der Waals surface area contributed by atoms with Crippen LogP contribution in [0.25, 0.3) is 0 Å². The third-order valence-electron chi connectivity index (χ3n) is 6.26. The Kier molecular flexibility index (Phi) is 6.95. The van der Waals surface area contributed by atoms with Crippen LogP contribution in [0.2, 0.25) is 0 Å². The summed E-state index contributed by atoms with van der Waals surface area (Å²) in [4.78, 5) is 43.3. The average molecular weight is 443 g/mol. The topological polar surface area (TPSA) is 90.9 Å². The van der Waals surface area contributed by atoms with Gasteiger partial charge in [0.15, 0.2) is 5.17 Å². The first-order chi connectivity index (χ1) is 15.0. The normalized spacial score (nSPS) is 26.0. The van der Waals surface area contributed by atoms with Gasteiger partial charge in [-0.3, -0.25) is 14.4 Å². The molecule has 7 nitrogen and oxygen atoms in total. The Morgan fingerprint density at radius 1 is 1.10 bits per heavy atom. The zero-order valence-corrected chi connectivity index (χ0v) is 18.7. The maximum Gasteiger partial charge on any atom is 0.262 e. The Balaban J connectivity index is 1.24. The highest BCUT2D eigenvalue weighted by Crippen LogP contribution is 2.29. The minimum absolute atomic E-state index is 0.0722. The first kappa shape index (κ1) is 21.9. The molecule has 0 unspecified atom stereocenters. The third kappa shape index (κ3) is 5.67. The predicted octanol–water partition coefficient (Wildman–Crippen LogP) is 3.42. The van der Waals surface area contributed by atoms with E-state index in [9.17, 15) is 14.4 Å². The SMILES string of the molecule is CC1CCC(NC(=O)c2ccc(NC(=O)C[C@@H]3SC(N4CCCC4)=NC3=O)cc2)CC1. The number of benzene rings is 1. The zero-order valence-electron chi connectivity index (χ0n) is 17.9. The van der Waals surface area contributed by atoms with Gasteiger partial charge in [-0.05, 0) is 68.7 Å². The Labute approximate surface area is 187 Å². The van der Waals surface area contributed by atoms with Gasteiger partial charge in [0.2, 0.25) is 5.91 Å². The van der Waals surface area contributed by atoms with Crippen molar-refractivity contribution in [2.45, 2.75) is 63.2 Å². The summed E-state index contributed by atoms with van der Waals surface area (Å²) >= 11 is 1.39. The standard InChI is InChI=1S/C23H30N4O3S/c1-15-4-8-18(9-5-15)25-21(29)16-6-10-17(11-7-16)24-20(28)14-19-22(30)26-23(31-19)27-12-2-3-13-27/h6-7,10-11,15,18-19H,2-5,8-9,12-14H2,1H3,(H,24,28)(H,25,29)/t15?,18?,19-/m0/s1. The van der Waals surface area contributed by atoms with Gasteiger partial charge in [0.1, 0.15) is 5.25 Å². The van der Waals surface area contributed by atoms with Gasteiger partial charge in [-0.2, -0.15) is 4.99 Å². The van der Waals surface area contributed by atoms with Crippen LogP contribution in [-0.4, -0.2) is 52.2 Å². The molecule has 0 radical (unpaired) electrons. The summed E-state index contributed by atoms with van der Waals surface area (Å²) in [5.41, 5.74) is 1.20. The van der Waals surface area contributed by atoms with Crippen LogP contribution in [0.3, 0.4) is 0 Å². The van der Waals surface area contributed by atoms with E-state index in [4.69, 9.17) is 0 Å². The lowest BCUT2D eigenvalue weighted by Gasteiger charge is -2.26. The molecule has 1 aliphatic carbocycles. The van der Waals surface area contributed by atoms with Crippen LogP contribution < -0.4 is 10.6 Å². The molecule has 3 amide bonds. The van der Waals surface area contributed by atoms with Gasteiger partial charge in [0.05, 0.1) is 0 Å². The van der Waals surface area contributed by atoms with Crippen LogP contribution in [0.4, 0.5) is 5.69 Å². The van der Waals surface area contributed by atoms with Crippen LogP contribution in [0.15, 0.2) is 29.3 Å². The second-order valence-corrected chi connectivity index (χ2v) is 9.96. The van der Waals surface area contributed by atoms with E-state index in [0.717, 1.165) is 62.7 Å². The fourth-order valence-corrected chi connectivity index (χ4v) is 5.43. The molecule has 1 aromatic rings. The van der Waals surface area contributed by atoms with E-state index < -0.39 is 5.25 Å². The number of carbonyl (C=O) groups is 3. The fraction of sp³-hybridized carbons (Fsp3) is 0.565. The number of thioether (sulfide) groups is 1. The first-order valence-corrected chi connectivity index (χ1v) is 12.1. The van der Waals surface area contributed by atoms with Crippen molar-refractivity contribution in [1.29, 1.82) is 0 Å². The van der Waals surface area contributed by atoms with Crippen molar-refractivity contribution < 1.29 is 14.4 Å². The number of likely N-dealkylation sites (tertiary alicyclic amines) is 1. The Morgan fingerprint density at radius 2 is 1.77 bits per heavy atom. The largest absolute Gasteiger partial charge is 0.351 e. The molecule has 31 heavy (non-hydrogen) atoms. The van der Waals surface area contributed by atoms with Gasteiger partial charge in [-0.25, -0.2) is 0 Å². The number of anilines is 1.